The van der Waals surface area contributed by atoms with Gasteiger partial charge in [-0.05, 0) is 30.9 Å². The first kappa shape index (κ1) is 13.0. The molecule has 0 saturated heterocycles. The molecule has 0 atom stereocenters. The zero-order valence-corrected chi connectivity index (χ0v) is 10.9. The highest BCUT2D eigenvalue weighted by Gasteiger charge is 2.29. The average molecular weight is 270 g/mol. The van der Waals surface area contributed by atoms with Crippen LogP contribution < -0.4 is 0 Å². The number of aromatic hydroxyl groups is 2. The normalized spacial score (nSPS) is 22.3. The van der Waals surface area contributed by atoms with Crippen LogP contribution in [-0.4, -0.2) is 40.0 Å². The number of phenols is 2. The van der Waals surface area contributed by atoms with Crippen molar-refractivity contribution >= 4 is 17.5 Å². The molecule has 1 fully saturated rings. The maximum absolute atomic E-state index is 12.1. The van der Waals surface area contributed by atoms with E-state index in [0.717, 1.165) is 12.8 Å². The molecule has 0 spiro atoms. The monoisotopic (exact) mass is 269 g/mol. The van der Waals surface area contributed by atoms with Gasteiger partial charge in [0.2, 0.25) is 0 Å². The van der Waals surface area contributed by atoms with E-state index in [4.69, 9.17) is 11.6 Å². The first-order valence-corrected chi connectivity index (χ1v) is 6.32. The van der Waals surface area contributed by atoms with E-state index in [-0.39, 0.29) is 28.3 Å². The summed E-state index contributed by atoms with van der Waals surface area (Å²) in [6.45, 7) is 0.641. The molecule has 0 heterocycles. The molecule has 1 amide bonds. The number of benzene rings is 1. The van der Waals surface area contributed by atoms with E-state index in [2.05, 4.69) is 0 Å². The van der Waals surface area contributed by atoms with Crippen LogP contribution in [0, 0.1) is 5.92 Å². The zero-order chi connectivity index (χ0) is 13.3. The number of carbonyl (C=O) groups excluding carboxylic acids is 1. The van der Waals surface area contributed by atoms with Crippen LogP contribution in [0.3, 0.4) is 0 Å². The molecule has 1 aromatic rings. The third-order valence-electron chi connectivity index (χ3n) is 3.27. The molecule has 1 aliphatic rings. The molecule has 98 valence electrons. The van der Waals surface area contributed by atoms with Gasteiger partial charge in [-0.1, -0.05) is 0 Å². The smallest absolute Gasteiger partial charge is 0.257 e. The maximum atomic E-state index is 12.1. The van der Waals surface area contributed by atoms with Crippen molar-refractivity contribution in [1.29, 1.82) is 0 Å². The second kappa shape index (κ2) is 5.06. The van der Waals surface area contributed by atoms with Crippen LogP contribution in [0.1, 0.15) is 23.2 Å². The van der Waals surface area contributed by atoms with Crippen molar-refractivity contribution in [2.24, 2.45) is 5.92 Å². The summed E-state index contributed by atoms with van der Waals surface area (Å²) in [4.78, 5) is 13.7. The van der Waals surface area contributed by atoms with Crippen LogP contribution in [-0.2, 0) is 0 Å². The number of hydrogen-bond donors (Lipinski definition) is 2. The van der Waals surface area contributed by atoms with Crippen molar-refractivity contribution in [3.63, 3.8) is 0 Å². The Bertz CT molecular complexity index is 458. The van der Waals surface area contributed by atoms with Gasteiger partial charge in [0.05, 0.1) is 5.56 Å². The van der Waals surface area contributed by atoms with Crippen molar-refractivity contribution in [3.8, 4) is 11.5 Å². The Morgan fingerprint density at radius 2 is 2.11 bits per heavy atom. The van der Waals surface area contributed by atoms with Crippen LogP contribution in [0.25, 0.3) is 0 Å². The lowest BCUT2D eigenvalue weighted by Crippen LogP contribution is -2.37. The van der Waals surface area contributed by atoms with E-state index in [9.17, 15) is 15.0 Å². The molecule has 1 aliphatic carbocycles. The lowest BCUT2D eigenvalue weighted by molar-refractivity contribution is 0.0744. The van der Waals surface area contributed by atoms with Gasteiger partial charge in [0.15, 0.2) is 0 Å². The molecule has 4 nitrogen and oxygen atoms in total. The summed E-state index contributed by atoms with van der Waals surface area (Å²) in [5, 5.41) is 19.0. The number of halogens is 1. The van der Waals surface area contributed by atoms with E-state index >= 15 is 0 Å². The van der Waals surface area contributed by atoms with Crippen LogP contribution in [0.15, 0.2) is 18.2 Å². The van der Waals surface area contributed by atoms with E-state index in [1.54, 1.807) is 11.9 Å². The fraction of sp³-hybridized carbons (Fsp3) is 0.462. The summed E-state index contributed by atoms with van der Waals surface area (Å²) >= 11 is 5.90. The van der Waals surface area contributed by atoms with Gasteiger partial charge in [-0.25, -0.2) is 0 Å². The van der Waals surface area contributed by atoms with Gasteiger partial charge in [-0.3, -0.25) is 4.79 Å². The minimum atomic E-state index is -0.245. The molecule has 2 N–H and O–H groups in total. The number of rotatable bonds is 3. The number of carbonyl (C=O) groups is 1. The lowest BCUT2D eigenvalue weighted by Gasteiger charge is -2.34. The fourth-order valence-electron chi connectivity index (χ4n) is 2.18. The minimum absolute atomic E-state index is 0.0596. The van der Waals surface area contributed by atoms with Crippen LogP contribution in [0.4, 0.5) is 0 Å². The molecule has 0 aromatic heterocycles. The van der Waals surface area contributed by atoms with Gasteiger partial charge in [-0.15, -0.1) is 11.6 Å². The summed E-state index contributed by atoms with van der Waals surface area (Å²) in [6.07, 6.45) is 1.86. The number of alkyl halides is 1. The Kier molecular flexibility index (Phi) is 3.66. The molecule has 18 heavy (non-hydrogen) atoms. The largest absolute Gasteiger partial charge is 0.508 e. The quantitative estimate of drug-likeness (QED) is 0.827. The van der Waals surface area contributed by atoms with Crippen molar-refractivity contribution in [2.45, 2.75) is 18.2 Å². The molecule has 1 saturated carbocycles. The van der Waals surface area contributed by atoms with Gasteiger partial charge >= 0.3 is 0 Å². The SMILES string of the molecule is CN(CC1CC(Cl)C1)C(=O)c1ccc(O)cc1O. The molecule has 0 aliphatic heterocycles. The standard InChI is InChI=1S/C13H16ClNO3/c1-15(7-8-4-9(14)5-8)13(18)11-3-2-10(16)6-12(11)17/h2-3,6,8-9,16-17H,4-5,7H2,1H3. The molecule has 0 radical (unpaired) electrons. The third kappa shape index (κ3) is 2.70. The van der Waals surface area contributed by atoms with Crippen LogP contribution in [0.5, 0.6) is 11.5 Å². The summed E-state index contributed by atoms with van der Waals surface area (Å²) < 4.78 is 0. The van der Waals surface area contributed by atoms with Gasteiger partial charge in [0.1, 0.15) is 11.5 Å². The molecule has 5 heteroatoms. The zero-order valence-electron chi connectivity index (χ0n) is 10.1. The summed E-state index contributed by atoms with van der Waals surface area (Å²) in [5.41, 5.74) is 0.206. The topological polar surface area (TPSA) is 60.8 Å². The van der Waals surface area contributed by atoms with E-state index in [1.165, 1.54) is 18.2 Å². The van der Waals surface area contributed by atoms with Crippen LogP contribution >= 0.6 is 11.6 Å². The van der Waals surface area contributed by atoms with Gasteiger partial charge in [0.25, 0.3) is 5.91 Å². The van der Waals surface area contributed by atoms with Crippen molar-refractivity contribution in [2.75, 3.05) is 13.6 Å². The second-order valence-corrected chi connectivity index (χ2v) is 5.44. The van der Waals surface area contributed by atoms with Gasteiger partial charge in [0, 0.05) is 25.0 Å². The van der Waals surface area contributed by atoms with Crippen molar-refractivity contribution in [3.05, 3.63) is 23.8 Å². The predicted molar refractivity (Wildman–Crippen MR) is 69.1 cm³/mol. The number of nitrogens with zero attached hydrogens (tertiary/aromatic N) is 1. The van der Waals surface area contributed by atoms with Crippen molar-refractivity contribution < 1.29 is 15.0 Å². The van der Waals surface area contributed by atoms with Gasteiger partial charge in [-0.2, -0.15) is 0 Å². The highest BCUT2D eigenvalue weighted by Crippen LogP contribution is 2.32. The Balaban J connectivity index is 2.01. The highest BCUT2D eigenvalue weighted by molar-refractivity contribution is 6.21. The van der Waals surface area contributed by atoms with E-state index < -0.39 is 0 Å². The Morgan fingerprint density at radius 1 is 1.44 bits per heavy atom. The third-order valence-corrected chi connectivity index (χ3v) is 3.63. The minimum Gasteiger partial charge on any atom is -0.508 e. The Morgan fingerprint density at radius 3 is 2.67 bits per heavy atom. The highest BCUT2D eigenvalue weighted by atomic mass is 35.5. The Hall–Kier alpha value is -1.42. The van der Waals surface area contributed by atoms with Gasteiger partial charge < -0.3 is 15.1 Å². The molecule has 0 bridgehead atoms. The summed E-state index contributed by atoms with van der Waals surface area (Å²) in [7, 11) is 1.70. The summed E-state index contributed by atoms with van der Waals surface area (Å²) in [5.74, 6) is -0.0578. The maximum Gasteiger partial charge on any atom is 0.257 e. The fourth-order valence-corrected chi connectivity index (χ4v) is 2.68. The second-order valence-electron chi connectivity index (χ2n) is 4.82. The number of phenolic OH excluding ortho intramolecular Hbond substituents is 2. The first-order valence-electron chi connectivity index (χ1n) is 5.89. The molecule has 0 unspecified atom stereocenters. The molecular weight excluding hydrogens is 254 g/mol. The summed E-state index contributed by atoms with van der Waals surface area (Å²) in [6, 6.07) is 3.98. The van der Waals surface area contributed by atoms with E-state index in [1.807, 2.05) is 0 Å². The predicted octanol–water partition coefficient (Wildman–Crippen LogP) is 2.19. The first-order chi connectivity index (χ1) is 8.47. The molecule has 2 rings (SSSR count). The Labute approximate surface area is 111 Å². The number of hydrogen-bond acceptors (Lipinski definition) is 3. The van der Waals surface area contributed by atoms with E-state index in [0.29, 0.717) is 12.5 Å². The molecular formula is C13H16ClNO3. The average Bonchev–Trinajstić information content (AvgIpc) is 2.26. The molecule has 1 aromatic carbocycles. The number of amides is 1. The lowest BCUT2D eigenvalue weighted by atomic mass is 9.84. The van der Waals surface area contributed by atoms with Crippen LogP contribution in [0.2, 0.25) is 0 Å². The van der Waals surface area contributed by atoms with Crippen molar-refractivity contribution in [1.82, 2.24) is 4.90 Å².